The molecule has 0 radical (unpaired) electrons. The first-order valence-corrected chi connectivity index (χ1v) is 8.25. The largest absolute Gasteiger partial charge is 0.479 e. The molecular weight excluding hydrogens is 390 g/mol. The van der Waals surface area contributed by atoms with Crippen molar-refractivity contribution in [3.8, 4) is 5.75 Å². The van der Waals surface area contributed by atoms with Crippen LogP contribution in [0.2, 0.25) is 0 Å². The molecule has 7 nitrogen and oxygen atoms in total. The number of benzene rings is 2. The quantitative estimate of drug-likeness (QED) is 0.608. The molecule has 0 N–H and O–H groups in total. The minimum atomic E-state index is -0.828. The molecule has 1 heterocycles. The van der Waals surface area contributed by atoms with Gasteiger partial charge in [0.05, 0.1) is 5.39 Å². The fraction of sp³-hybridized carbons (Fsp3) is 0.176. The summed E-state index contributed by atoms with van der Waals surface area (Å²) >= 11 is 3.32. The number of rotatable bonds is 5. The van der Waals surface area contributed by atoms with Crippen LogP contribution in [0.15, 0.2) is 57.8 Å². The predicted molar refractivity (Wildman–Crippen MR) is 94.1 cm³/mol. The highest BCUT2D eigenvalue weighted by molar-refractivity contribution is 9.10. The lowest BCUT2D eigenvalue weighted by Gasteiger charge is -2.14. The highest BCUT2D eigenvalue weighted by atomic mass is 79.9. The number of hydrogen-bond acceptors (Lipinski definition) is 6. The van der Waals surface area contributed by atoms with Crippen molar-refractivity contribution >= 4 is 32.8 Å². The molecule has 3 aromatic rings. The fourth-order valence-corrected chi connectivity index (χ4v) is 2.38. The van der Waals surface area contributed by atoms with Crippen molar-refractivity contribution in [1.29, 1.82) is 0 Å². The van der Waals surface area contributed by atoms with Crippen LogP contribution < -0.4 is 10.3 Å². The summed E-state index contributed by atoms with van der Waals surface area (Å²) in [6.45, 7) is 1.24. The Morgan fingerprint density at radius 1 is 1.20 bits per heavy atom. The van der Waals surface area contributed by atoms with Gasteiger partial charge in [0, 0.05) is 4.47 Å². The molecule has 0 aliphatic carbocycles. The third-order valence-corrected chi connectivity index (χ3v) is 3.95. The van der Waals surface area contributed by atoms with Gasteiger partial charge in [-0.1, -0.05) is 33.3 Å². The van der Waals surface area contributed by atoms with Crippen molar-refractivity contribution in [3.63, 3.8) is 0 Å². The van der Waals surface area contributed by atoms with E-state index in [1.807, 2.05) is 0 Å². The first-order chi connectivity index (χ1) is 12.0. The molecule has 0 bridgehead atoms. The van der Waals surface area contributed by atoms with E-state index in [0.717, 1.165) is 9.15 Å². The number of aromatic nitrogens is 3. The van der Waals surface area contributed by atoms with Crippen LogP contribution in [0.4, 0.5) is 0 Å². The highest BCUT2D eigenvalue weighted by Gasteiger charge is 2.17. The Morgan fingerprint density at radius 2 is 1.92 bits per heavy atom. The zero-order chi connectivity index (χ0) is 17.8. The number of hydrogen-bond donors (Lipinski definition) is 0. The minimum absolute atomic E-state index is 0.330. The number of ether oxygens (including phenoxy) is 2. The Balaban J connectivity index is 1.64. The maximum atomic E-state index is 12.3. The van der Waals surface area contributed by atoms with Crippen molar-refractivity contribution in [2.75, 3.05) is 0 Å². The Labute approximate surface area is 151 Å². The monoisotopic (exact) mass is 403 g/mol. The average molecular weight is 404 g/mol. The zero-order valence-corrected chi connectivity index (χ0v) is 14.8. The predicted octanol–water partition coefficient (Wildman–Crippen LogP) is 2.52. The first-order valence-electron chi connectivity index (χ1n) is 7.46. The van der Waals surface area contributed by atoms with Gasteiger partial charge in [0.25, 0.3) is 5.56 Å². The molecular formula is C17H14BrN3O4. The van der Waals surface area contributed by atoms with Gasteiger partial charge in [-0.2, -0.15) is 4.68 Å². The smallest absolute Gasteiger partial charge is 0.348 e. The van der Waals surface area contributed by atoms with Gasteiger partial charge in [-0.15, -0.1) is 5.10 Å². The molecule has 0 unspecified atom stereocenters. The summed E-state index contributed by atoms with van der Waals surface area (Å²) in [5, 5.41) is 8.10. The van der Waals surface area contributed by atoms with Crippen molar-refractivity contribution in [3.05, 3.63) is 63.4 Å². The van der Waals surface area contributed by atoms with Crippen LogP contribution in [0, 0.1) is 0 Å². The van der Waals surface area contributed by atoms with Gasteiger partial charge in [0.1, 0.15) is 11.3 Å². The summed E-state index contributed by atoms with van der Waals surface area (Å²) in [7, 11) is 0. The molecule has 3 rings (SSSR count). The summed E-state index contributed by atoms with van der Waals surface area (Å²) in [6, 6.07) is 13.9. The summed E-state index contributed by atoms with van der Waals surface area (Å²) < 4.78 is 12.5. The number of carbonyl (C=O) groups is 1. The number of nitrogens with zero attached hydrogens (tertiary/aromatic N) is 3. The fourth-order valence-electron chi connectivity index (χ4n) is 2.12. The van der Waals surface area contributed by atoms with Crippen LogP contribution in [0.1, 0.15) is 6.92 Å². The van der Waals surface area contributed by atoms with Crippen LogP contribution in [-0.4, -0.2) is 27.1 Å². The highest BCUT2D eigenvalue weighted by Crippen LogP contribution is 2.17. The number of fused-ring (bicyclic) bond motifs is 1. The van der Waals surface area contributed by atoms with Gasteiger partial charge in [0.2, 0.25) is 0 Å². The molecule has 0 spiro atoms. The molecule has 1 aromatic heterocycles. The second-order valence-corrected chi connectivity index (χ2v) is 6.13. The first kappa shape index (κ1) is 17.1. The molecule has 8 heteroatoms. The molecule has 0 fully saturated rings. The Morgan fingerprint density at radius 3 is 2.68 bits per heavy atom. The number of esters is 1. The Kier molecular flexibility index (Phi) is 5.08. The molecule has 0 saturated heterocycles. The maximum absolute atomic E-state index is 12.3. The van der Waals surface area contributed by atoms with Crippen LogP contribution in [0.3, 0.4) is 0 Å². The third-order valence-electron chi connectivity index (χ3n) is 3.42. The summed E-state index contributed by atoms with van der Waals surface area (Å²) in [5.74, 6) is -0.0694. The van der Waals surface area contributed by atoms with Crippen LogP contribution in [0.25, 0.3) is 10.9 Å². The van der Waals surface area contributed by atoms with E-state index in [9.17, 15) is 9.59 Å². The molecule has 2 aromatic carbocycles. The van der Waals surface area contributed by atoms with Crippen LogP contribution in [0.5, 0.6) is 5.75 Å². The van der Waals surface area contributed by atoms with Gasteiger partial charge in [-0.05, 0) is 43.3 Å². The molecule has 0 amide bonds. The van der Waals surface area contributed by atoms with Gasteiger partial charge < -0.3 is 9.47 Å². The van der Waals surface area contributed by atoms with E-state index < -0.39 is 12.1 Å². The Bertz CT molecular complexity index is 956. The van der Waals surface area contributed by atoms with E-state index in [1.165, 1.54) is 0 Å². The van der Waals surface area contributed by atoms with Crippen LogP contribution >= 0.6 is 15.9 Å². The lowest BCUT2D eigenvalue weighted by Crippen LogP contribution is -2.31. The maximum Gasteiger partial charge on any atom is 0.348 e. The van der Waals surface area contributed by atoms with Crippen LogP contribution in [-0.2, 0) is 16.3 Å². The van der Waals surface area contributed by atoms with Crippen molar-refractivity contribution in [2.45, 2.75) is 19.8 Å². The average Bonchev–Trinajstić information content (AvgIpc) is 2.63. The van der Waals surface area contributed by atoms with Crippen molar-refractivity contribution < 1.29 is 14.3 Å². The summed E-state index contributed by atoms with van der Waals surface area (Å²) in [4.78, 5) is 24.3. The minimum Gasteiger partial charge on any atom is -0.479 e. The van der Waals surface area contributed by atoms with E-state index in [2.05, 4.69) is 26.2 Å². The van der Waals surface area contributed by atoms with Crippen molar-refractivity contribution in [2.24, 2.45) is 0 Å². The zero-order valence-electron chi connectivity index (χ0n) is 13.3. The number of carbonyl (C=O) groups excluding carboxylic acids is 1. The molecule has 25 heavy (non-hydrogen) atoms. The standard InChI is InChI=1S/C17H14BrN3O4/c1-11(25-13-8-6-12(18)7-9-13)17(23)24-10-21-16(22)14-4-2-3-5-15(14)19-20-21/h2-9,11H,10H2,1H3/t11-/m0/s1. The van der Waals surface area contributed by atoms with E-state index >= 15 is 0 Å². The summed E-state index contributed by atoms with van der Waals surface area (Å²) in [6.07, 6.45) is -0.828. The van der Waals surface area contributed by atoms with Crippen molar-refractivity contribution in [1.82, 2.24) is 15.0 Å². The molecule has 0 saturated carbocycles. The molecule has 0 aliphatic rings. The second-order valence-electron chi connectivity index (χ2n) is 5.22. The lowest BCUT2D eigenvalue weighted by molar-refractivity contribution is -0.155. The van der Waals surface area contributed by atoms with Gasteiger partial charge >= 0.3 is 5.97 Å². The Hall–Kier alpha value is -2.74. The van der Waals surface area contributed by atoms with Gasteiger partial charge in [0.15, 0.2) is 12.8 Å². The SMILES string of the molecule is C[C@H](Oc1ccc(Br)cc1)C(=O)OCn1nnc2ccccc2c1=O. The van der Waals surface area contributed by atoms with Gasteiger partial charge in [-0.25, -0.2) is 4.79 Å². The topological polar surface area (TPSA) is 83.3 Å². The molecule has 1 atom stereocenters. The molecule has 0 aliphatic heterocycles. The van der Waals surface area contributed by atoms with E-state index in [4.69, 9.17) is 9.47 Å². The molecule has 128 valence electrons. The van der Waals surface area contributed by atoms with Gasteiger partial charge in [-0.3, -0.25) is 4.79 Å². The normalized spacial score (nSPS) is 11.9. The third kappa shape index (κ3) is 4.03. The van der Waals surface area contributed by atoms with E-state index in [1.54, 1.807) is 55.5 Å². The van der Waals surface area contributed by atoms with E-state index in [0.29, 0.717) is 16.7 Å². The lowest BCUT2D eigenvalue weighted by atomic mass is 10.2. The summed E-state index contributed by atoms with van der Waals surface area (Å²) in [5.41, 5.74) is 0.113. The second kappa shape index (κ2) is 7.43. The van der Waals surface area contributed by atoms with E-state index in [-0.39, 0.29) is 12.3 Å². The number of halogens is 1.